The Morgan fingerprint density at radius 3 is 2.33 bits per heavy atom. The average Bonchev–Trinajstić information content (AvgIpc) is 2.81. The molecule has 0 aromatic rings. The molecule has 122 valence electrons. The maximum Gasteiger partial charge on any atom is 0.410 e. The number of carbonyl (C=O) groups excluding carboxylic acids is 2. The summed E-state index contributed by atoms with van der Waals surface area (Å²) in [5.41, 5.74) is -0.538. The first-order valence-electron chi connectivity index (χ1n) is 7.51. The van der Waals surface area contributed by atoms with Gasteiger partial charge in [0.15, 0.2) is 0 Å². The summed E-state index contributed by atoms with van der Waals surface area (Å²) in [6, 6.07) is -0.382. The van der Waals surface area contributed by atoms with E-state index < -0.39 is 5.60 Å². The summed E-state index contributed by atoms with van der Waals surface area (Å²) in [4.78, 5) is 30.0. The first-order chi connectivity index (χ1) is 9.61. The molecular weight excluding hydrogens is 270 g/mol. The minimum atomic E-state index is -0.538. The highest BCUT2D eigenvalue weighted by molar-refractivity contribution is 5.86. The molecule has 6 nitrogen and oxygen atoms in total. The molecule has 21 heavy (non-hydrogen) atoms. The monoisotopic (exact) mass is 299 g/mol. The van der Waals surface area contributed by atoms with Gasteiger partial charge in [0.25, 0.3) is 0 Å². The summed E-state index contributed by atoms with van der Waals surface area (Å²) >= 11 is 0. The molecule has 1 aliphatic heterocycles. The van der Waals surface area contributed by atoms with Gasteiger partial charge in [0.1, 0.15) is 11.6 Å². The molecule has 0 aliphatic carbocycles. The second-order valence-electron chi connectivity index (χ2n) is 6.89. The number of hydrogen-bond acceptors (Lipinski definition) is 4. The Labute approximate surface area is 128 Å². The van der Waals surface area contributed by atoms with Crippen molar-refractivity contribution in [3.63, 3.8) is 0 Å². The second kappa shape index (κ2) is 7.11. The third-order valence-corrected chi connectivity index (χ3v) is 3.42. The van der Waals surface area contributed by atoms with Crippen LogP contribution in [0.15, 0.2) is 0 Å². The zero-order chi connectivity index (χ0) is 16.2. The number of hydrogen-bond donors (Lipinski definition) is 0. The molecule has 0 N–H and O–H groups in total. The Balaban J connectivity index is 2.63. The topological polar surface area (TPSA) is 53.1 Å². The molecule has 1 saturated heterocycles. The van der Waals surface area contributed by atoms with Gasteiger partial charge in [-0.25, -0.2) is 4.79 Å². The lowest BCUT2D eigenvalue weighted by molar-refractivity contribution is -0.134. The standard InChI is InChI=1S/C15H29N3O3/c1-15(2,3)21-14(20)18-9-7-8-12(18)13(19)17(6)11-10-16(4)5/h12H,7-11H2,1-6H3. The van der Waals surface area contributed by atoms with Crippen LogP contribution in [-0.4, -0.2) is 79.1 Å². The largest absolute Gasteiger partial charge is 0.444 e. The molecule has 1 heterocycles. The predicted octanol–water partition coefficient (Wildman–Crippen LogP) is 1.41. The van der Waals surface area contributed by atoms with Gasteiger partial charge in [0.2, 0.25) is 5.91 Å². The Morgan fingerprint density at radius 2 is 1.81 bits per heavy atom. The molecule has 0 saturated carbocycles. The van der Waals surface area contributed by atoms with Gasteiger partial charge in [-0.1, -0.05) is 0 Å². The van der Waals surface area contributed by atoms with E-state index in [0.29, 0.717) is 19.5 Å². The number of amides is 2. The maximum atomic E-state index is 12.5. The van der Waals surface area contributed by atoms with Crippen LogP contribution in [0.4, 0.5) is 4.79 Å². The Hall–Kier alpha value is -1.30. The van der Waals surface area contributed by atoms with E-state index in [-0.39, 0.29) is 18.0 Å². The zero-order valence-corrected chi connectivity index (χ0v) is 14.2. The summed E-state index contributed by atoms with van der Waals surface area (Å²) in [5, 5.41) is 0. The third-order valence-electron chi connectivity index (χ3n) is 3.42. The van der Waals surface area contributed by atoms with E-state index in [4.69, 9.17) is 4.74 Å². The number of likely N-dealkylation sites (N-methyl/N-ethyl adjacent to an activating group) is 2. The van der Waals surface area contributed by atoms with Crippen molar-refractivity contribution in [1.29, 1.82) is 0 Å². The van der Waals surface area contributed by atoms with E-state index in [0.717, 1.165) is 13.0 Å². The molecule has 0 radical (unpaired) electrons. The summed E-state index contributed by atoms with van der Waals surface area (Å²) < 4.78 is 5.39. The van der Waals surface area contributed by atoms with E-state index >= 15 is 0 Å². The average molecular weight is 299 g/mol. The van der Waals surface area contributed by atoms with E-state index in [9.17, 15) is 9.59 Å². The summed E-state index contributed by atoms with van der Waals surface area (Å²) in [6.07, 6.45) is 1.17. The van der Waals surface area contributed by atoms with Gasteiger partial charge < -0.3 is 14.5 Å². The van der Waals surface area contributed by atoms with Crippen molar-refractivity contribution in [1.82, 2.24) is 14.7 Å². The van der Waals surface area contributed by atoms with Gasteiger partial charge in [-0.15, -0.1) is 0 Å². The minimum Gasteiger partial charge on any atom is -0.444 e. The fourth-order valence-corrected chi connectivity index (χ4v) is 2.28. The molecule has 0 aromatic heterocycles. The van der Waals surface area contributed by atoms with E-state index in [1.165, 1.54) is 0 Å². The highest BCUT2D eigenvalue weighted by Gasteiger charge is 2.37. The van der Waals surface area contributed by atoms with Crippen molar-refractivity contribution in [2.75, 3.05) is 40.8 Å². The van der Waals surface area contributed by atoms with Crippen LogP contribution in [0, 0.1) is 0 Å². The molecule has 0 spiro atoms. The van der Waals surface area contributed by atoms with Gasteiger partial charge in [-0.3, -0.25) is 9.69 Å². The van der Waals surface area contributed by atoms with Crippen LogP contribution in [0.1, 0.15) is 33.6 Å². The van der Waals surface area contributed by atoms with Gasteiger partial charge in [0, 0.05) is 26.7 Å². The molecule has 0 bridgehead atoms. The lowest BCUT2D eigenvalue weighted by Crippen LogP contribution is -2.49. The van der Waals surface area contributed by atoms with Crippen LogP contribution in [0.2, 0.25) is 0 Å². The molecule has 1 atom stereocenters. The molecule has 0 aromatic carbocycles. The van der Waals surface area contributed by atoms with Gasteiger partial charge in [-0.05, 0) is 47.7 Å². The molecule has 1 unspecified atom stereocenters. The normalized spacial score (nSPS) is 19.0. The lowest BCUT2D eigenvalue weighted by atomic mass is 10.2. The van der Waals surface area contributed by atoms with Crippen molar-refractivity contribution in [3.05, 3.63) is 0 Å². The Morgan fingerprint density at radius 1 is 1.19 bits per heavy atom. The fourth-order valence-electron chi connectivity index (χ4n) is 2.28. The Bertz CT molecular complexity index is 377. The SMILES string of the molecule is CN(C)CCN(C)C(=O)C1CCCN1C(=O)OC(C)(C)C. The molecule has 1 rings (SSSR count). The number of nitrogens with zero attached hydrogens (tertiary/aromatic N) is 3. The second-order valence-corrected chi connectivity index (χ2v) is 6.89. The molecular formula is C15H29N3O3. The van der Waals surface area contributed by atoms with Crippen molar-refractivity contribution < 1.29 is 14.3 Å². The van der Waals surface area contributed by atoms with Gasteiger partial charge in [0.05, 0.1) is 0 Å². The van der Waals surface area contributed by atoms with Crippen LogP contribution < -0.4 is 0 Å². The molecule has 1 fully saturated rings. The van der Waals surface area contributed by atoms with Crippen molar-refractivity contribution in [2.24, 2.45) is 0 Å². The fraction of sp³-hybridized carbons (Fsp3) is 0.867. The van der Waals surface area contributed by atoms with Crippen LogP contribution in [0.5, 0.6) is 0 Å². The number of ether oxygens (including phenoxy) is 1. The number of carbonyl (C=O) groups is 2. The smallest absolute Gasteiger partial charge is 0.410 e. The van der Waals surface area contributed by atoms with Crippen LogP contribution in [-0.2, 0) is 9.53 Å². The zero-order valence-electron chi connectivity index (χ0n) is 14.2. The summed E-state index contributed by atoms with van der Waals surface area (Å²) in [6.45, 7) is 7.56. The summed E-state index contributed by atoms with van der Waals surface area (Å²) in [5.74, 6) is 0.000194. The predicted molar refractivity (Wildman–Crippen MR) is 82.2 cm³/mol. The van der Waals surface area contributed by atoms with E-state index in [2.05, 4.69) is 0 Å². The lowest BCUT2D eigenvalue weighted by Gasteiger charge is -2.30. The number of likely N-dealkylation sites (tertiary alicyclic amines) is 1. The highest BCUT2D eigenvalue weighted by atomic mass is 16.6. The van der Waals surface area contributed by atoms with Crippen LogP contribution in [0.3, 0.4) is 0 Å². The highest BCUT2D eigenvalue weighted by Crippen LogP contribution is 2.22. The van der Waals surface area contributed by atoms with Crippen molar-refractivity contribution >= 4 is 12.0 Å². The quantitative estimate of drug-likeness (QED) is 0.787. The Kier molecular flexibility index (Phi) is 6.01. The first-order valence-corrected chi connectivity index (χ1v) is 7.51. The first kappa shape index (κ1) is 17.8. The van der Waals surface area contributed by atoms with Crippen molar-refractivity contribution in [3.8, 4) is 0 Å². The minimum absolute atomic E-state index is 0.000194. The van der Waals surface area contributed by atoms with Crippen molar-refractivity contribution in [2.45, 2.75) is 45.3 Å². The van der Waals surface area contributed by atoms with Crippen LogP contribution >= 0.6 is 0 Å². The molecule has 2 amide bonds. The van der Waals surface area contributed by atoms with Crippen LogP contribution in [0.25, 0.3) is 0 Å². The third kappa shape index (κ3) is 5.53. The molecule has 6 heteroatoms. The number of rotatable bonds is 4. The van der Waals surface area contributed by atoms with E-state index in [1.807, 2.05) is 39.8 Å². The van der Waals surface area contributed by atoms with E-state index in [1.54, 1.807) is 16.8 Å². The van der Waals surface area contributed by atoms with Gasteiger partial charge >= 0.3 is 6.09 Å². The summed E-state index contributed by atoms with van der Waals surface area (Å²) in [7, 11) is 5.74. The molecule has 1 aliphatic rings. The maximum absolute atomic E-state index is 12.5. The van der Waals surface area contributed by atoms with Gasteiger partial charge in [-0.2, -0.15) is 0 Å².